The van der Waals surface area contributed by atoms with Crippen molar-refractivity contribution in [3.63, 3.8) is 0 Å². The molecule has 0 unspecified atom stereocenters. The first-order chi connectivity index (χ1) is 15.6. The number of amides is 2. The third-order valence-electron chi connectivity index (χ3n) is 5.48. The molecule has 0 aromatic heterocycles. The molecular weight excluding hydrogens is 416 g/mol. The number of carbonyl (C=O) groups is 2. The fourth-order valence-electron chi connectivity index (χ4n) is 3.85. The first kappa shape index (κ1) is 25.9. The number of rotatable bonds is 10. The average Bonchev–Trinajstić information content (AvgIpc) is 2.73. The van der Waals surface area contributed by atoms with E-state index in [4.69, 9.17) is 17.2 Å². The van der Waals surface area contributed by atoms with Gasteiger partial charge in [-0.15, -0.1) is 0 Å². The summed E-state index contributed by atoms with van der Waals surface area (Å²) in [5.41, 5.74) is 22.7. The molecule has 0 saturated carbocycles. The van der Waals surface area contributed by atoms with Crippen LogP contribution < -0.4 is 27.8 Å². The predicted molar refractivity (Wildman–Crippen MR) is 133 cm³/mol. The Bertz CT molecular complexity index is 963. The Balaban J connectivity index is 1.97. The van der Waals surface area contributed by atoms with Gasteiger partial charge in [-0.3, -0.25) is 9.59 Å². The number of guanidine groups is 1. The van der Waals surface area contributed by atoms with Crippen LogP contribution in [0.15, 0.2) is 47.5 Å². The topological polar surface area (TPSA) is 149 Å². The normalized spacial score (nSPS) is 13.5. The number of carbonyl (C=O) groups excluding carboxylic acids is 2. The van der Waals surface area contributed by atoms with E-state index >= 15 is 0 Å². The zero-order chi connectivity index (χ0) is 24.5. The van der Waals surface area contributed by atoms with E-state index in [1.165, 1.54) is 0 Å². The maximum atomic E-state index is 12.9. The van der Waals surface area contributed by atoms with Crippen molar-refractivity contribution in [1.29, 1.82) is 0 Å². The summed E-state index contributed by atoms with van der Waals surface area (Å²) in [4.78, 5) is 29.6. The molecule has 8 N–H and O–H groups in total. The van der Waals surface area contributed by atoms with Gasteiger partial charge in [0.2, 0.25) is 11.8 Å². The van der Waals surface area contributed by atoms with E-state index in [1.807, 2.05) is 51.1 Å². The van der Waals surface area contributed by atoms with Gasteiger partial charge >= 0.3 is 0 Å². The molecular formula is C25H36N6O2. The highest BCUT2D eigenvalue weighted by Crippen LogP contribution is 2.19. The van der Waals surface area contributed by atoms with Crippen molar-refractivity contribution >= 4 is 17.8 Å². The van der Waals surface area contributed by atoms with Crippen LogP contribution in [0.25, 0.3) is 0 Å². The Kier molecular flexibility index (Phi) is 9.42. The fraction of sp³-hybridized carbons (Fsp3) is 0.400. The van der Waals surface area contributed by atoms with E-state index < -0.39 is 18.0 Å². The highest BCUT2D eigenvalue weighted by Gasteiger charge is 2.24. The lowest BCUT2D eigenvalue weighted by Crippen LogP contribution is -2.50. The second-order valence-electron chi connectivity index (χ2n) is 8.58. The van der Waals surface area contributed by atoms with Gasteiger partial charge in [0.05, 0.1) is 0 Å². The van der Waals surface area contributed by atoms with Crippen LogP contribution in [-0.4, -0.2) is 42.4 Å². The summed E-state index contributed by atoms with van der Waals surface area (Å²) in [7, 11) is 0. The van der Waals surface area contributed by atoms with Crippen molar-refractivity contribution in [2.45, 2.75) is 58.7 Å². The molecule has 2 rings (SSSR count). The van der Waals surface area contributed by atoms with E-state index in [2.05, 4.69) is 27.8 Å². The molecule has 2 aromatic carbocycles. The standard InChI is InChI=1S/C25H36N6O2/c1-15-10-16(2)21(17(3)11-15)13-22(31-25(27)28)24(33)30-18(4)23(32)29-14-20(26)12-19-8-6-5-7-9-19/h5-11,18,20,22H,12-14,26H2,1-4H3,(H,29,32)(H,30,33)(H4,27,28,31)/t18-,20+,22+/m1/s1. The Labute approximate surface area is 196 Å². The van der Waals surface area contributed by atoms with Crippen LogP contribution in [0, 0.1) is 20.8 Å². The van der Waals surface area contributed by atoms with Crippen LogP contribution in [-0.2, 0) is 22.4 Å². The van der Waals surface area contributed by atoms with Crippen LogP contribution in [0.2, 0.25) is 0 Å². The summed E-state index contributed by atoms with van der Waals surface area (Å²) < 4.78 is 0. The van der Waals surface area contributed by atoms with Crippen molar-refractivity contribution in [3.8, 4) is 0 Å². The lowest BCUT2D eigenvalue weighted by molar-refractivity contribution is -0.129. The minimum Gasteiger partial charge on any atom is -0.370 e. The Hall–Kier alpha value is -3.39. The fourth-order valence-corrected chi connectivity index (χ4v) is 3.85. The van der Waals surface area contributed by atoms with E-state index in [0.29, 0.717) is 19.4 Å². The summed E-state index contributed by atoms with van der Waals surface area (Å²) in [5.74, 6) is -0.918. The minimum atomic E-state index is -0.842. The highest BCUT2D eigenvalue weighted by molar-refractivity contribution is 5.91. The van der Waals surface area contributed by atoms with E-state index in [0.717, 1.165) is 27.8 Å². The molecule has 0 heterocycles. The van der Waals surface area contributed by atoms with Crippen LogP contribution in [0.3, 0.4) is 0 Å². The van der Waals surface area contributed by atoms with Crippen LogP contribution in [0.1, 0.15) is 34.7 Å². The molecule has 3 atom stereocenters. The molecule has 0 saturated heterocycles. The van der Waals surface area contributed by atoms with Gasteiger partial charge in [0.15, 0.2) is 5.96 Å². The first-order valence-corrected chi connectivity index (χ1v) is 11.1. The molecule has 0 fully saturated rings. The molecule has 0 bridgehead atoms. The van der Waals surface area contributed by atoms with E-state index in [9.17, 15) is 9.59 Å². The van der Waals surface area contributed by atoms with Gasteiger partial charge in [-0.05, 0) is 56.4 Å². The summed E-state index contributed by atoms with van der Waals surface area (Å²) in [6.07, 6.45) is 0.974. The SMILES string of the molecule is Cc1cc(C)c(C[C@H](N=C(N)N)C(=O)N[C@H](C)C(=O)NC[C@@H](N)Cc2ccccc2)c(C)c1. The molecule has 2 amide bonds. The molecule has 0 aliphatic rings. The number of nitrogens with one attached hydrogen (secondary N) is 2. The molecule has 178 valence electrons. The quantitative estimate of drug-likeness (QED) is 0.269. The van der Waals surface area contributed by atoms with E-state index in [-0.39, 0.29) is 17.9 Å². The first-order valence-electron chi connectivity index (χ1n) is 11.1. The summed E-state index contributed by atoms with van der Waals surface area (Å²) in [5, 5.41) is 5.52. The van der Waals surface area contributed by atoms with Crippen LogP contribution >= 0.6 is 0 Å². The maximum Gasteiger partial charge on any atom is 0.245 e. The molecule has 2 aromatic rings. The lowest BCUT2D eigenvalue weighted by atomic mass is 9.94. The number of nitrogens with two attached hydrogens (primary N) is 3. The van der Waals surface area contributed by atoms with Gasteiger partial charge < -0.3 is 27.8 Å². The second kappa shape index (κ2) is 12.0. The number of hydrogen-bond acceptors (Lipinski definition) is 4. The molecule has 8 nitrogen and oxygen atoms in total. The second-order valence-corrected chi connectivity index (χ2v) is 8.58. The minimum absolute atomic E-state index is 0.179. The maximum absolute atomic E-state index is 12.9. The van der Waals surface area contributed by atoms with Crippen molar-refractivity contribution in [2.24, 2.45) is 22.2 Å². The van der Waals surface area contributed by atoms with Crippen molar-refractivity contribution in [1.82, 2.24) is 10.6 Å². The third kappa shape index (κ3) is 8.23. The molecule has 8 heteroatoms. The number of nitrogens with zero attached hydrogens (tertiary/aromatic N) is 1. The van der Waals surface area contributed by atoms with Crippen LogP contribution in [0.4, 0.5) is 0 Å². The molecule has 0 spiro atoms. The van der Waals surface area contributed by atoms with Gasteiger partial charge in [0.1, 0.15) is 12.1 Å². The molecule has 0 aliphatic heterocycles. The zero-order valence-electron chi connectivity index (χ0n) is 19.9. The number of benzene rings is 2. The molecule has 33 heavy (non-hydrogen) atoms. The van der Waals surface area contributed by atoms with Crippen molar-refractivity contribution in [3.05, 3.63) is 70.3 Å². The van der Waals surface area contributed by atoms with Gasteiger partial charge in [-0.25, -0.2) is 4.99 Å². The monoisotopic (exact) mass is 452 g/mol. The average molecular weight is 453 g/mol. The van der Waals surface area contributed by atoms with Gasteiger partial charge in [0.25, 0.3) is 0 Å². The summed E-state index contributed by atoms with van der Waals surface area (Å²) in [6, 6.07) is 12.1. The zero-order valence-corrected chi connectivity index (χ0v) is 19.9. The van der Waals surface area contributed by atoms with Gasteiger partial charge in [-0.1, -0.05) is 48.0 Å². The largest absolute Gasteiger partial charge is 0.370 e. The number of hydrogen-bond donors (Lipinski definition) is 5. The number of aliphatic imine (C=N–C) groups is 1. The smallest absolute Gasteiger partial charge is 0.245 e. The highest BCUT2D eigenvalue weighted by atomic mass is 16.2. The summed E-state index contributed by atoms with van der Waals surface area (Å²) in [6.45, 7) is 7.93. The van der Waals surface area contributed by atoms with E-state index in [1.54, 1.807) is 6.92 Å². The van der Waals surface area contributed by atoms with Gasteiger partial charge in [0, 0.05) is 19.0 Å². The molecule has 0 aliphatic carbocycles. The Morgan fingerprint density at radius 3 is 2.15 bits per heavy atom. The lowest BCUT2D eigenvalue weighted by Gasteiger charge is -2.20. The predicted octanol–water partition coefficient (Wildman–Crippen LogP) is 0.987. The number of aryl methyl sites for hydroxylation is 3. The van der Waals surface area contributed by atoms with Crippen molar-refractivity contribution in [2.75, 3.05) is 6.54 Å². The van der Waals surface area contributed by atoms with Gasteiger partial charge in [-0.2, -0.15) is 0 Å². The molecule has 0 radical (unpaired) electrons. The Morgan fingerprint density at radius 1 is 0.970 bits per heavy atom. The van der Waals surface area contributed by atoms with Crippen LogP contribution in [0.5, 0.6) is 0 Å². The Morgan fingerprint density at radius 2 is 1.58 bits per heavy atom. The summed E-state index contributed by atoms with van der Waals surface area (Å²) >= 11 is 0. The third-order valence-corrected chi connectivity index (χ3v) is 5.48. The van der Waals surface area contributed by atoms with Crippen molar-refractivity contribution < 1.29 is 9.59 Å².